The van der Waals surface area contributed by atoms with E-state index in [9.17, 15) is 9.59 Å². The smallest absolute Gasteiger partial charge is 0.263 e. The molecule has 1 fully saturated rings. The summed E-state index contributed by atoms with van der Waals surface area (Å²) in [6.45, 7) is 2.65. The third kappa shape index (κ3) is 3.76. The molecule has 1 heterocycles. The average Bonchev–Trinajstić information content (AvgIpc) is 2.54. The van der Waals surface area contributed by atoms with Crippen molar-refractivity contribution in [2.75, 3.05) is 13.1 Å². The molecule has 2 N–H and O–H groups in total. The number of piperidine rings is 1. The Morgan fingerprint density at radius 1 is 1.41 bits per heavy atom. The Labute approximate surface area is 129 Å². The van der Waals surface area contributed by atoms with Crippen LogP contribution >= 0.6 is 0 Å². The number of ether oxygens (including phenoxy) is 1. The van der Waals surface area contributed by atoms with Gasteiger partial charge in [-0.25, -0.2) is 0 Å². The summed E-state index contributed by atoms with van der Waals surface area (Å²) in [6.07, 6.45) is 0.840. The van der Waals surface area contributed by atoms with E-state index in [-0.39, 0.29) is 17.7 Å². The number of hydrogen-bond acceptors (Lipinski definition) is 4. The van der Waals surface area contributed by atoms with Gasteiger partial charge in [0.2, 0.25) is 5.91 Å². The van der Waals surface area contributed by atoms with Crippen LogP contribution < -0.4 is 10.5 Å². The van der Waals surface area contributed by atoms with E-state index in [2.05, 4.69) is 0 Å². The van der Waals surface area contributed by atoms with E-state index >= 15 is 0 Å². The summed E-state index contributed by atoms with van der Waals surface area (Å²) in [7, 11) is 0. The maximum Gasteiger partial charge on any atom is 0.263 e. The van der Waals surface area contributed by atoms with Gasteiger partial charge in [-0.05, 0) is 44.0 Å². The molecule has 0 saturated carbocycles. The highest BCUT2D eigenvalue weighted by atomic mass is 16.5. The first-order chi connectivity index (χ1) is 10.5. The predicted octanol–water partition coefficient (Wildman–Crippen LogP) is 1.05. The second-order valence-electron chi connectivity index (χ2n) is 5.42. The van der Waals surface area contributed by atoms with Gasteiger partial charge in [-0.15, -0.1) is 0 Å². The number of hydrogen-bond donors (Lipinski definition) is 1. The van der Waals surface area contributed by atoms with Crippen molar-refractivity contribution in [3.63, 3.8) is 0 Å². The van der Waals surface area contributed by atoms with Gasteiger partial charge in [0.05, 0.1) is 17.6 Å². The third-order valence-corrected chi connectivity index (χ3v) is 3.78. The molecule has 6 heteroatoms. The van der Waals surface area contributed by atoms with Crippen molar-refractivity contribution < 1.29 is 14.3 Å². The number of carbonyl (C=O) groups excluding carboxylic acids is 2. The van der Waals surface area contributed by atoms with E-state index in [4.69, 9.17) is 15.7 Å². The van der Waals surface area contributed by atoms with Gasteiger partial charge in [-0.1, -0.05) is 0 Å². The van der Waals surface area contributed by atoms with Crippen LogP contribution in [0.5, 0.6) is 5.75 Å². The Balaban J connectivity index is 1.96. The van der Waals surface area contributed by atoms with Crippen molar-refractivity contribution in [3.8, 4) is 11.8 Å². The Hall–Kier alpha value is -2.55. The minimum atomic E-state index is -0.653. The molecule has 22 heavy (non-hydrogen) atoms. The maximum atomic E-state index is 12.4. The number of benzene rings is 1. The lowest BCUT2D eigenvalue weighted by Crippen LogP contribution is -2.48. The first-order valence-electron chi connectivity index (χ1n) is 7.26. The molecule has 6 nitrogen and oxygen atoms in total. The number of nitrogens with zero attached hydrogens (tertiary/aromatic N) is 2. The molecular weight excluding hydrogens is 282 g/mol. The second kappa shape index (κ2) is 6.94. The fraction of sp³-hybridized carbons (Fsp3) is 0.438. The van der Waals surface area contributed by atoms with Crippen molar-refractivity contribution in [3.05, 3.63) is 29.8 Å². The van der Waals surface area contributed by atoms with Gasteiger partial charge in [0.1, 0.15) is 5.75 Å². The predicted molar refractivity (Wildman–Crippen MR) is 79.7 cm³/mol. The van der Waals surface area contributed by atoms with E-state index in [0.29, 0.717) is 24.4 Å². The number of primary amides is 1. The largest absolute Gasteiger partial charge is 0.481 e. The molecule has 1 aromatic carbocycles. The number of rotatable bonds is 4. The quantitative estimate of drug-likeness (QED) is 0.899. The molecule has 0 aromatic heterocycles. The molecule has 0 bridgehead atoms. The highest BCUT2D eigenvalue weighted by Crippen LogP contribution is 2.19. The summed E-state index contributed by atoms with van der Waals surface area (Å²) in [6, 6.07) is 8.61. The van der Waals surface area contributed by atoms with E-state index in [1.807, 2.05) is 6.07 Å². The van der Waals surface area contributed by atoms with E-state index in [0.717, 1.165) is 12.8 Å². The zero-order valence-electron chi connectivity index (χ0n) is 12.5. The second-order valence-corrected chi connectivity index (χ2v) is 5.42. The number of amides is 2. The maximum absolute atomic E-state index is 12.4. The first-order valence-corrected chi connectivity index (χ1v) is 7.26. The topological polar surface area (TPSA) is 96.4 Å². The van der Waals surface area contributed by atoms with Crippen LogP contribution in [-0.4, -0.2) is 35.9 Å². The van der Waals surface area contributed by atoms with Crippen molar-refractivity contribution in [1.29, 1.82) is 5.26 Å². The van der Waals surface area contributed by atoms with Gasteiger partial charge in [-0.3, -0.25) is 9.59 Å². The Morgan fingerprint density at radius 3 is 2.68 bits per heavy atom. The Bertz CT molecular complexity index is 592. The van der Waals surface area contributed by atoms with Gasteiger partial charge >= 0.3 is 0 Å². The fourth-order valence-corrected chi connectivity index (χ4v) is 2.53. The van der Waals surface area contributed by atoms with Crippen LogP contribution in [0.4, 0.5) is 0 Å². The SMILES string of the molecule is CC(Oc1ccc(C#N)cc1)C(=O)N1CCCC(C(N)=O)C1. The summed E-state index contributed by atoms with van der Waals surface area (Å²) in [5, 5.41) is 8.75. The van der Waals surface area contributed by atoms with E-state index in [1.165, 1.54) is 0 Å². The molecule has 1 aliphatic rings. The summed E-state index contributed by atoms with van der Waals surface area (Å²) >= 11 is 0. The summed E-state index contributed by atoms with van der Waals surface area (Å²) in [5.74, 6) is -0.267. The molecule has 0 spiro atoms. The van der Waals surface area contributed by atoms with Crippen LogP contribution in [-0.2, 0) is 9.59 Å². The molecule has 1 saturated heterocycles. The summed E-state index contributed by atoms with van der Waals surface area (Å²) in [4.78, 5) is 25.3. The Kier molecular flexibility index (Phi) is 4.99. The molecule has 2 atom stereocenters. The number of likely N-dealkylation sites (tertiary alicyclic amines) is 1. The van der Waals surface area contributed by atoms with Crippen LogP contribution in [0.25, 0.3) is 0 Å². The van der Waals surface area contributed by atoms with Gasteiger partial charge in [-0.2, -0.15) is 5.26 Å². The normalized spacial score (nSPS) is 19.1. The van der Waals surface area contributed by atoms with Gasteiger partial charge < -0.3 is 15.4 Å². The minimum absolute atomic E-state index is 0.157. The lowest BCUT2D eigenvalue weighted by molar-refractivity contribution is -0.141. The van der Waals surface area contributed by atoms with Gasteiger partial charge in [0.25, 0.3) is 5.91 Å². The van der Waals surface area contributed by atoms with Crippen molar-refractivity contribution in [2.45, 2.75) is 25.9 Å². The van der Waals surface area contributed by atoms with E-state index in [1.54, 1.807) is 36.1 Å². The van der Waals surface area contributed by atoms with Crippen molar-refractivity contribution in [1.82, 2.24) is 4.90 Å². The lowest BCUT2D eigenvalue weighted by atomic mass is 9.97. The molecule has 0 radical (unpaired) electrons. The van der Waals surface area contributed by atoms with Gasteiger partial charge in [0.15, 0.2) is 6.10 Å². The molecular formula is C16H19N3O3. The minimum Gasteiger partial charge on any atom is -0.481 e. The lowest BCUT2D eigenvalue weighted by Gasteiger charge is -2.32. The molecule has 116 valence electrons. The van der Waals surface area contributed by atoms with E-state index < -0.39 is 6.10 Å². The number of carbonyl (C=O) groups is 2. The average molecular weight is 301 g/mol. The zero-order valence-corrected chi connectivity index (χ0v) is 12.5. The summed E-state index contributed by atoms with van der Waals surface area (Å²) in [5.41, 5.74) is 5.86. The molecule has 1 aliphatic heterocycles. The first kappa shape index (κ1) is 15.8. The van der Waals surface area contributed by atoms with Crippen LogP contribution in [0.2, 0.25) is 0 Å². The monoisotopic (exact) mass is 301 g/mol. The molecule has 0 aliphatic carbocycles. The van der Waals surface area contributed by atoms with Crippen molar-refractivity contribution in [2.24, 2.45) is 11.7 Å². The van der Waals surface area contributed by atoms with Gasteiger partial charge in [0, 0.05) is 13.1 Å². The highest BCUT2D eigenvalue weighted by Gasteiger charge is 2.30. The van der Waals surface area contributed by atoms with Crippen LogP contribution in [0.3, 0.4) is 0 Å². The van der Waals surface area contributed by atoms with Crippen LogP contribution in [0, 0.1) is 17.2 Å². The van der Waals surface area contributed by atoms with Crippen LogP contribution in [0.15, 0.2) is 24.3 Å². The molecule has 2 rings (SSSR count). The standard InChI is InChI=1S/C16H19N3O3/c1-11(22-14-6-4-12(9-17)5-7-14)16(21)19-8-2-3-13(10-19)15(18)20/h4-7,11,13H,2-3,8,10H2,1H3,(H2,18,20). The molecule has 2 amide bonds. The summed E-state index contributed by atoms with van der Waals surface area (Å²) < 4.78 is 5.61. The number of nitrogens with two attached hydrogens (primary N) is 1. The highest BCUT2D eigenvalue weighted by molar-refractivity contribution is 5.83. The van der Waals surface area contributed by atoms with Crippen LogP contribution in [0.1, 0.15) is 25.3 Å². The zero-order chi connectivity index (χ0) is 16.1. The molecule has 1 aromatic rings. The third-order valence-electron chi connectivity index (χ3n) is 3.78. The Morgan fingerprint density at radius 2 is 2.09 bits per heavy atom. The molecule has 2 unspecified atom stereocenters. The van der Waals surface area contributed by atoms with Crippen molar-refractivity contribution >= 4 is 11.8 Å². The fourth-order valence-electron chi connectivity index (χ4n) is 2.53. The number of nitriles is 1.